The minimum absolute atomic E-state index is 0.519. The van der Waals surface area contributed by atoms with Gasteiger partial charge < -0.3 is 5.73 Å². The first kappa shape index (κ1) is 16.8. The van der Waals surface area contributed by atoms with Gasteiger partial charge in [-0.1, -0.05) is 35.8 Å². The molecule has 0 bridgehead atoms. The number of nitrogens with two attached hydrogens (primary N) is 1. The van der Waals surface area contributed by atoms with Gasteiger partial charge in [0.2, 0.25) is 0 Å². The lowest BCUT2D eigenvalue weighted by Gasteiger charge is -2.10. The number of anilines is 1. The zero-order valence-corrected chi connectivity index (χ0v) is 15.9. The number of rotatable bonds is 5. The summed E-state index contributed by atoms with van der Waals surface area (Å²) in [5, 5.41) is 0. The van der Waals surface area contributed by atoms with Gasteiger partial charge in [-0.15, -0.1) is 11.8 Å². The van der Waals surface area contributed by atoms with Gasteiger partial charge in [-0.05, 0) is 46.5 Å². The fourth-order valence-electron chi connectivity index (χ4n) is 1.86. The van der Waals surface area contributed by atoms with Gasteiger partial charge in [0.25, 0.3) is 0 Å². The Morgan fingerprint density at radius 2 is 2.00 bits per heavy atom. The Morgan fingerprint density at radius 1 is 1.24 bits per heavy atom. The van der Waals surface area contributed by atoms with Gasteiger partial charge in [0.1, 0.15) is 11.6 Å². The third-order valence-corrected chi connectivity index (χ3v) is 5.10. The normalized spacial score (nSPS) is 11.1. The molecular formula is C15H17Br2N3S. The van der Waals surface area contributed by atoms with E-state index in [0.29, 0.717) is 17.5 Å². The molecular weight excluding hydrogens is 414 g/mol. The van der Waals surface area contributed by atoms with E-state index in [1.54, 1.807) is 11.8 Å². The SMILES string of the molecule is CC(C)Cc1nc(CSc2cccc(Br)c2)nc(N)c1Br. The van der Waals surface area contributed by atoms with Crippen molar-refractivity contribution in [1.82, 2.24) is 9.97 Å². The van der Waals surface area contributed by atoms with Crippen LogP contribution in [0.5, 0.6) is 0 Å². The lowest BCUT2D eigenvalue weighted by molar-refractivity contribution is 0.630. The molecule has 0 spiro atoms. The molecule has 1 aromatic heterocycles. The van der Waals surface area contributed by atoms with Crippen LogP contribution < -0.4 is 5.73 Å². The number of benzene rings is 1. The van der Waals surface area contributed by atoms with Crippen LogP contribution in [-0.4, -0.2) is 9.97 Å². The molecule has 112 valence electrons. The first-order valence-electron chi connectivity index (χ1n) is 6.65. The first-order chi connectivity index (χ1) is 9.95. The van der Waals surface area contributed by atoms with Crippen molar-refractivity contribution in [3.63, 3.8) is 0 Å². The van der Waals surface area contributed by atoms with Crippen molar-refractivity contribution in [1.29, 1.82) is 0 Å². The minimum atomic E-state index is 0.519. The second-order valence-corrected chi connectivity index (χ2v) is 7.89. The van der Waals surface area contributed by atoms with Gasteiger partial charge in [-0.2, -0.15) is 0 Å². The molecule has 21 heavy (non-hydrogen) atoms. The number of hydrogen-bond donors (Lipinski definition) is 1. The molecule has 0 atom stereocenters. The first-order valence-corrected chi connectivity index (χ1v) is 9.22. The number of nitrogen functional groups attached to an aromatic ring is 1. The Hall–Kier alpha value is -0.590. The van der Waals surface area contributed by atoms with E-state index in [1.807, 2.05) is 12.1 Å². The second-order valence-electron chi connectivity index (χ2n) is 5.13. The third-order valence-electron chi connectivity index (χ3n) is 2.76. The number of thioether (sulfide) groups is 1. The minimum Gasteiger partial charge on any atom is -0.383 e. The highest BCUT2D eigenvalue weighted by molar-refractivity contribution is 9.11. The molecule has 6 heteroatoms. The van der Waals surface area contributed by atoms with Crippen molar-refractivity contribution < 1.29 is 0 Å². The Bertz CT molecular complexity index is 632. The average molecular weight is 431 g/mol. The van der Waals surface area contributed by atoms with E-state index in [0.717, 1.165) is 26.9 Å². The standard InChI is InChI=1S/C15H17Br2N3S/c1-9(2)6-12-14(17)15(18)20-13(19-12)8-21-11-5-3-4-10(16)7-11/h3-5,7,9H,6,8H2,1-2H3,(H2,18,19,20). The summed E-state index contributed by atoms with van der Waals surface area (Å²) in [5.41, 5.74) is 6.96. The molecule has 0 fully saturated rings. The van der Waals surface area contributed by atoms with Gasteiger partial charge in [-0.25, -0.2) is 9.97 Å². The van der Waals surface area contributed by atoms with Crippen LogP contribution in [0.3, 0.4) is 0 Å². The topological polar surface area (TPSA) is 51.8 Å². The van der Waals surface area contributed by atoms with E-state index in [2.05, 4.69) is 67.8 Å². The fraction of sp³-hybridized carbons (Fsp3) is 0.333. The summed E-state index contributed by atoms with van der Waals surface area (Å²) in [6, 6.07) is 8.20. The summed E-state index contributed by atoms with van der Waals surface area (Å²) < 4.78 is 1.90. The highest BCUT2D eigenvalue weighted by Gasteiger charge is 2.12. The van der Waals surface area contributed by atoms with Crippen molar-refractivity contribution in [3.05, 3.63) is 44.7 Å². The summed E-state index contributed by atoms with van der Waals surface area (Å²) in [7, 11) is 0. The Morgan fingerprint density at radius 3 is 2.67 bits per heavy atom. The maximum Gasteiger partial charge on any atom is 0.141 e. The monoisotopic (exact) mass is 429 g/mol. The maximum absolute atomic E-state index is 5.98. The highest BCUT2D eigenvalue weighted by atomic mass is 79.9. The molecule has 1 heterocycles. The lowest BCUT2D eigenvalue weighted by Crippen LogP contribution is -2.07. The molecule has 0 saturated carbocycles. The summed E-state index contributed by atoms with van der Waals surface area (Å²) >= 11 is 8.67. The molecule has 0 radical (unpaired) electrons. The van der Waals surface area contributed by atoms with Gasteiger partial charge in [-0.3, -0.25) is 0 Å². The van der Waals surface area contributed by atoms with E-state index >= 15 is 0 Å². The Kier molecular flexibility index (Phi) is 6.08. The molecule has 0 saturated heterocycles. The van der Waals surface area contributed by atoms with Crippen molar-refractivity contribution in [2.45, 2.75) is 30.9 Å². The van der Waals surface area contributed by atoms with E-state index in [1.165, 1.54) is 4.90 Å². The lowest BCUT2D eigenvalue weighted by atomic mass is 10.1. The van der Waals surface area contributed by atoms with Crippen LogP contribution in [0.2, 0.25) is 0 Å². The number of halogens is 2. The summed E-state index contributed by atoms with van der Waals surface area (Å²) in [6.45, 7) is 4.33. The van der Waals surface area contributed by atoms with Crippen LogP contribution in [0.1, 0.15) is 25.4 Å². The van der Waals surface area contributed by atoms with Crippen molar-refractivity contribution in [2.24, 2.45) is 5.92 Å². The highest BCUT2D eigenvalue weighted by Crippen LogP contribution is 2.27. The predicted molar refractivity (Wildman–Crippen MR) is 96.4 cm³/mol. The zero-order valence-electron chi connectivity index (χ0n) is 11.9. The summed E-state index contributed by atoms with van der Waals surface area (Å²) in [5.74, 6) is 2.53. The molecule has 0 aliphatic carbocycles. The van der Waals surface area contributed by atoms with Crippen molar-refractivity contribution in [3.8, 4) is 0 Å². The van der Waals surface area contributed by atoms with E-state index in [-0.39, 0.29) is 0 Å². The van der Waals surface area contributed by atoms with Crippen molar-refractivity contribution in [2.75, 3.05) is 5.73 Å². The van der Waals surface area contributed by atoms with Gasteiger partial charge in [0.15, 0.2) is 0 Å². The largest absolute Gasteiger partial charge is 0.383 e. The molecule has 0 unspecified atom stereocenters. The van der Waals surface area contributed by atoms with Crippen LogP contribution >= 0.6 is 43.6 Å². The van der Waals surface area contributed by atoms with Crippen LogP contribution in [0.4, 0.5) is 5.82 Å². The van der Waals surface area contributed by atoms with Crippen molar-refractivity contribution >= 4 is 49.4 Å². The summed E-state index contributed by atoms with van der Waals surface area (Å²) in [6.07, 6.45) is 0.891. The quantitative estimate of drug-likeness (QED) is 0.672. The number of hydrogen-bond acceptors (Lipinski definition) is 4. The van der Waals surface area contributed by atoms with Crippen LogP contribution in [0, 0.1) is 5.92 Å². The average Bonchev–Trinajstić information content (AvgIpc) is 2.41. The van der Waals surface area contributed by atoms with Gasteiger partial charge in [0.05, 0.1) is 15.9 Å². The van der Waals surface area contributed by atoms with Crippen LogP contribution in [-0.2, 0) is 12.2 Å². The fourth-order valence-corrected chi connectivity index (χ4v) is 3.56. The zero-order chi connectivity index (χ0) is 15.4. The van der Waals surface area contributed by atoms with Crippen LogP contribution in [0.15, 0.2) is 38.1 Å². The molecule has 1 aromatic carbocycles. The van der Waals surface area contributed by atoms with E-state index < -0.39 is 0 Å². The Labute approximate surface area is 146 Å². The van der Waals surface area contributed by atoms with Crippen LogP contribution in [0.25, 0.3) is 0 Å². The molecule has 3 nitrogen and oxygen atoms in total. The number of nitrogens with zero attached hydrogens (tertiary/aromatic N) is 2. The van der Waals surface area contributed by atoms with Gasteiger partial charge in [0, 0.05) is 9.37 Å². The molecule has 2 rings (SSSR count). The molecule has 0 aliphatic rings. The summed E-state index contributed by atoms with van der Waals surface area (Å²) in [4.78, 5) is 10.2. The predicted octanol–water partition coefficient (Wildman–Crippen LogP) is 5.07. The molecule has 0 aliphatic heterocycles. The molecule has 2 N–H and O–H groups in total. The second kappa shape index (κ2) is 7.61. The molecule has 0 amide bonds. The third kappa shape index (κ3) is 4.97. The number of aromatic nitrogens is 2. The molecule has 2 aromatic rings. The Balaban J connectivity index is 2.14. The van der Waals surface area contributed by atoms with E-state index in [9.17, 15) is 0 Å². The maximum atomic E-state index is 5.98. The van der Waals surface area contributed by atoms with E-state index in [4.69, 9.17) is 5.73 Å². The smallest absolute Gasteiger partial charge is 0.141 e. The van der Waals surface area contributed by atoms with Gasteiger partial charge >= 0.3 is 0 Å².